The fourth-order valence-electron chi connectivity index (χ4n) is 2.69. The Morgan fingerprint density at radius 3 is 2.48 bits per heavy atom. The fourth-order valence-corrected chi connectivity index (χ4v) is 2.69. The van der Waals surface area contributed by atoms with Crippen LogP contribution in [0.25, 0.3) is 0 Å². The molecule has 2 rings (SSSR count). The molecule has 2 N–H and O–H groups in total. The van der Waals surface area contributed by atoms with Crippen molar-refractivity contribution in [2.45, 2.75) is 44.6 Å². The molecule has 1 amide bonds. The van der Waals surface area contributed by atoms with Crippen molar-refractivity contribution in [3.63, 3.8) is 0 Å². The molecule has 0 bridgehead atoms. The van der Waals surface area contributed by atoms with Crippen LogP contribution >= 0.6 is 0 Å². The molecule has 0 atom stereocenters. The molecule has 1 aliphatic rings. The van der Waals surface area contributed by atoms with Gasteiger partial charge in [-0.25, -0.2) is 4.79 Å². The molecule has 23 heavy (non-hydrogen) atoms. The lowest BCUT2D eigenvalue weighted by Crippen LogP contribution is -2.42. The molecule has 6 nitrogen and oxygen atoms in total. The third kappa shape index (κ3) is 4.39. The number of anilines is 1. The first kappa shape index (κ1) is 17.1. The van der Waals surface area contributed by atoms with Crippen molar-refractivity contribution >= 4 is 23.3 Å². The second-order valence-corrected chi connectivity index (χ2v) is 5.82. The summed E-state index contributed by atoms with van der Waals surface area (Å²) < 4.78 is 4.93. The van der Waals surface area contributed by atoms with Gasteiger partial charge in [0.15, 0.2) is 18.0 Å². The number of hydrogen-bond donors (Lipinski definition) is 2. The van der Waals surface area contributed by atoms with Crippen LogP contribution in [0.4, 0.5) is 5.69 Å². The van der Waals surface area contributed by atoms with Gasteiger partial charge in [0.25, 0.3) is 5.91 Å². The Hall–Kier alpha value is -2.21. The maximum Gasteiger partial charge on any atom is 0.338 e. The van der Waals surface area contributed by atoms with Gasteiger partial charge in [-0.15, -0.1) is 0 Å². The molecule has 0 saturated heterocycles. The summed E-state index contributed by atoms with van der Waals surface area (Å²) in [5.41, 5.74) is -0.717. The Balaban J connectivity index is 1.90. The van der Waals surface area contributed by atoms with E-state index in [-0.39, 0.29) is 5.78 Å². The Morgan fingerprint density at radius 2 is 1.83 bits per heavy atom. The lowest BCUT2D eigenvalue weighted by atomic mass is 9.85. The normalized spacial score (nSPS) is 16.4. The van der Waals surface area contributed by atoms with Crippen molar-refractivity contribution in [2.24, 2.45) is 0 Å². The zero-order chi connectivity index (χ0) is 16.9. The summed E-state index contributed by atoms with van der Waals surface area (Å²) in [5, 5.41) is 12.8. The first-order valence-corrected chi connectivity index (χ1v) is 7.72. The van der Waals surface area contributed by atoms with E-state index in [9.17, 15) is 19.5 Å². The van der Waals surface area contributed by atoms with Gasteiger partial charge in [-0.05, 0) is 44.7 Å². The van der Waals surface area contributed by atoms with Crippen LogP contribution in [-0.4, -0.2) is 35.0 Å². The maximum absolute atomic E-state index is 11.9. The molecule has 1 aromatic rings. The van der Waals surface area contributed by atoms with Gasteiger partial charge in [-0.1, -0.05) is 18.6 Å². The smallest absolute Gasteiger partial charge is 0.338 e. The van der Waals surface area contributed by atoms with Crippen LogP contribution in [0.1, 0.15) is 49.4 Å². The van der Waals surface area contributed by atoms with E-state index in [1.807, 2.05) is 0 Å². The zero-order valence-corrected chi connectivity index (χ0v) is 13.1. The average molecular weight is 319 g/mol. The quantitative estimate of drug-likeness (QED) is 0.640. The standard InChI is InChI=1S/C17H21NO5/c1-12(19)13-7-3-4-8-14(13)18-15(20)11-23-16(21)17(22)9-5-2-6-10-17/h3-4,7-8,22H,2,5-6,9-11H2,1H3,(H,18,20). The third-order valence-corrected chi connectivity index (χ3v) is 3.98. The van der Waals surface area contributed by atoms with Crippen LogP contribution in [0.5, 0.6) is 0 Å². The van der Waals surface area contributed by atoms with E-state index in [4.69, 9.17) is 4.74 Å². The molecule has 124 valence electrons. The third-order valence-electron chi connectivity index (χ3n) is 3.98. The number of para-hydroxylation sites is 1. The summed E-state index contributed by atoms with van der Waals surface area (Å²) >= 11 is 0. The molecule has 0 heterocycles. The molecule has 0 aliphatic heterocycles. The van der Waals surface area contributed by atoms with Crippen LogP contribution in [0.2, 0.25) is 0 Å². The summed E-state index contributed by atoms with van der Waals surface area (Å²) in [4.78, 5) is 35.3. The van der Waals surface area contributed by atoms with Crippen LogP contribution < -0.4 is 5.32 Å². The Labute approximate surface area is 134 Å². The van der Waals surface area contributed by atoms with Crippen LogP contribution in [0, 0.1) is 0 Å². The Kier molecular flexibility index (Phi) is 5.50. The van der Waals surface area contributed by atoms with E-state index in [1.165, 1.54) is 6.92 Å². The summed E-state index contributed by atoms with van der Waals surface area (Å²) in [7, 11) is 0. The van der Waals surface area contributed by atoms with Gasteiger partial charge in [0.05, 0.1) is 5.69 Å². The number of nitrogens with one attached hydrogen (secondary N) is 1. The summed E-state index contributed by atoms with van der Waals surface area (Å²) in [6, 6.07) is 6.60. The van der Waals surface area contributed by atoms with E-state index in [1.54, 1.807) is 24.3 Å². The van der Waals surface area contributed by atoms with Crippen LogP contribution in [-0.2, 0) is 14.3 Å². The number of ketones is 1. The minimum atomic E-state index is -1.48. The van der Waals surface area contributed by atoms with E-state index < -0.39 is 24.1 Å². The first-order valence-electron chi connectivity index (χ1n) is 7.72. The second-order valence-electron chi connectivity index (χ2n) is 5.82. The van der Waals surface area contributed by atoms with Crippen LogP contribution in [0.3, 0.4) is 0 Å². The van der Waals surface area contributed by atoms with Gasteiger partial charge in [0, 0.05) is 5.56 Å². The summed E-state index contributed by atoms with van der Waals surface area (Å²) in [5.74, 6) is -1.48. The lowest BCUT2D eigenvalue weighted by Gasteiger charge is -2.29. The Bertz CT molecular complexity index is 605. The highest BCUT2D eigenvalue weighted by Gasteiger charge is 2.38. The van der Waals surface area contributed by atoms with Crippen LogP contribution in [0.15, 0.2) is 24.3 Å². The molecule has 1 aliphatic carbocycles. The van der Waals surface area contributed by atoms with Gasteiger partial charge >= 0.3 is 5.97 Å². The average Bonchev–Trinajstić information content (AvgIpc) is 2.53. The SMILES string of the molecule is CC(=O)c1ccccc1NC(=O)COC(=O)C1(O)CCCCC1. The minimum Gasteiger partial charge on any atom is -0.453 e. The number of carbonyl (C=O) groups is 3. The van der Waals surface area contributed by atoms with Crippen molar-refractivity contribution in [1.82, 2.24) is 0 Å². The predicted octanol–water partition coefficient (Wildman–Crippen LogP) is 2.07. The number of rotatable bonds is 5. The number of benzene rings is 1. The maximum atomic E-state index is 11.9. The molecule has 0 unspecified atom stereocenters. The summed E-state index contributed by atoms with van der Waals surface area (Å²) in [6.45, 7) is 0.914. The van der Waals surface area contributed by atoms with Crippen molar-refractivity contribution in [3.05, 3.63) is 29.8 Å². The molecule has 1 aromatic carbocycles. The van der Waals surface area contributed by atoms with E-state index in [0.29, 0.717) is 24.1 Å². The lowest BCUT2D eigenvalue weighted by molar-refractivity contribution is -0.170. The van der Waals surface area contributed by atoms with Gasteiger partial charge in [-0.3, -0.25) is 9.59 Å². The number of Topliss-reactive ketones (excluding diaryl/α,β-unsaturated/α-hetero) is 1. The highest BCUT2D eigenvalue weighted by molar-refractivity contribution is 6.04. The molecule has 1 fully saturated rings. The number of aliphatic hydroxyl groups is 1. The highest BCUT2D eigenvalue weighted by atomic mass is 16.6. The van der Waals surface area contributed by atoms with Crippen molar-refractivity contribution < 1.29 is 24.2 Å². The van der Waals surface area contributed by atoms with Crippen molar-refractivity contribution in [3.8, 4) is 0 Å². The zero-order valence-electron chi connectivity index (χ0n) is 13.1. The van der Waals surface area contributed by atoms with E-state index in [2.05, 4.69) is 5.32 Å². The first-order chi connectivity index (χ1) is 10.9. The molecule has 0 radical (unpaired) electrons. The molecule has 6 heteroatoms. The number of hydrogen-bond acceptors (Lipinski definition) is 5. The largest absolute Gasteiger partial charge is 0.453 e. The highest BCUT2D eigenvalue weighted by Crippen LogP contribution is 2.29. The van der Waals surface area contributed by atoms with Crippen molar-refractivity contribution in [1.29, 1.82) is 0 Å². The van der Waals surface area contributed by atoms with Crippen molar-refractivity contribution in [2.75, 3.05) is 11.9 Å². The monoisotopic (exact) mass is 319 g/mol. The van der Waals surface area contributed by atoms with Gasteiger partial charge in [0.2, 0.25) is 0 Å². The number of ether oxygens (including phenoxy) is 1. The number of carbonyl (C=O) groups excluding carboxylic acids is 3. The Morgan fingerprint density at radius 1 is 1.17 bits per heavy atom. The predicted molar refractivity (Wildman–Crippen MR) is 84.1 cm³/mol. The fraction of sp³-hybridized carbons (Fsp3) is 0.471. The molecular formula is C17H21NO5. The minimum absolute atomic E-state index is 0.172. The molecule has 1 saturated carbocycles. The molecular weight excluding hydrogens is 298 g/mol. The topological polar surface area (TPSA) is 92.7 Å². The molecule has 0 aromatic heterocycles. The molecule has 0 spiro atoms. The van der Waals surface area contributed by atoms with Gasteiger partial charge in [-0.2, -0.15) is 0 Å². The second kappa shape index (κ2) is 7.37. The van der Waals surface area contributed by atoms with Gasteiger partial charge < -0.3 is 15.2 Å². The van der Waals surface area contributed by atoms with E-state index >= 15 is 0 Å². The number of amides is 1. The van der Waals surface area contributed by atoms with E-state index in [0.717, 1.165) is 19.3 Å². The summed E-state index contributed by atoms with van der Waals surface area (Å²) in [6.07, 6.45) is 3.24. The van der Waals surface area contributed by atoms with Gasteiger partial charge in [0.1, 0.15) is 0 Å². The number of esters is 1.